The van der Waals surface area contributed by atoms with E-state index in [2.05, 4.69) is 4.98 Å². The number of nitrogens with zero attached hydrogens (tertiary/aromatic N) is 1. The van der Waals surface area contributed by atoms with Gasteiger partial charge in [0.05, 0.1) is 10.8 Å². The van der Waals surface area contributed by atoms with Crippen molar-refractivity contribution in [1.82, 2.24) is 4.98 Å². The second-order valence-electron chi connectivity index (χ2n) is 1.98. The molecule has 1 N–H and O–H groups in total. The Morgan fingerprint density at radius 3 is 2.91 bits per heavy atom. The third-order valence-electron chi connectivity index (χ3n) is 1.05. The van der Waals surface area contributed by atoms with Gasteiger partial charge in [-0.25, -0.2) is 4.21 Å². The Morgan fingerprint density at radius 2 is 2.36 bits per heavy atom. The normalized spacial score (nSPS) is 12.9. The van der Waals surface area contributed by atoms with Crippen LogP contribution >= 0.6 is 11.6 Å². The number of hydrogen-bond donors (Lipinski definition) is 1. The number of hydrogen-bond acceptors (Lipinski definition) is 2. The summed E-state index contributed by atoms with van der Waals surface area (Å²) in [5.41, 5.74) is 0.665. The molecule has 11 heavy (non-hydrogen) atoms. The summed E-state index contributed by atoms with van der Waals surface area (Å²) in [6.45, 7) is 0. The van der Waals surface area contributed by atoms with E-state index in [1.165, 1.54) is 12.4 Å². The Morgan fingerprint density at radius 1 is 1.64 bits per heavy atom. The first kappa shape index (κ1) is 8.64. The molecule has 0 amide bonds. The molecule has 1 heterocycles. The summed E-state index contributed by atoms with van der Waals surface area (Å²) in [5, 5.41) is 0.480. The lowest BCUT2D eigenvalue weighted by Crippen LogP contribution is -1.93. The maximum Gasteiger partial charge on any atom is 0.157 e. The molecule has 1 aromatic rings. The summed E-state index contributed by atoms with van der Waals surface area (Å²) >= 11 is 3.76. The Bertz CT molecular complexity index is 279. The van der Waals surface area contributed by atoms with Crippen LogP contribution in [0.25, 0.3) is 0 Å². The van der Waals surface area contributed by atoms with Gasteiger partial charge >= 0.3 is 0 Å². The Balaban J connectivity index is 2.79. The minimum absolute atomic E-state index is 0.0769. The SMILES string of the molecule is O=S(O)Cc1cncc(Cl)c1. The zero-order valence-corrected chi connectivity index (χ0v) is 7.10. The third kappa shape index (κ3) is 2.96. The highest BCUT2D eigenvalue weighted by Gasteiger charge is 1.98. The smallest absolute Gasteiger partial charge is 0.157 e. The lowest BCUT2D eigenvalue weighted by atomic mass is 10.3. The van der Waals surface area contributed by atoms with Gasteiger partial charge in [-0.15, -0.1) is 0 Å². The van der Waals surface area contributed by atoms with Gasteiger partial charge in [0.25, 0.3) is 0 Å². The van der Waals surface area contributed by atoms with Gasteiger partial charge in [-0.2, -0.15) is 0 Å². The van der Waals surface area contributed by atoms with Gasteiger partial charge in [0.2, 0.25) is 0 Å². The number of halogens is 1. The van der Waals surface area contributed by atoms with Crippen LogP contribution < -0.4 is 0 Å². The van der Waals surface area contributed by atoms with Crippen LogP contribution in [0, 0.1) is 0 Å². The van der Waals surface area contributed by atoms with E-state index in [0.29, 0.717) is 10.6 Å². The molecule has 3 nitrogen and oxygen atoms in total. The number of rotatable bonds is 2. The van der Waals surface area contributed by atoms with Gasteiger partial charge in [-0.05, 0) is 11.6 Å². The molecule has 0 aliphatic carbocycles. The van der Waals surface area contributed by atoms with E-state index >= 15 is 0 Å². The first-order valence-electron chi connectivity index (χ1n) is 2.85. The molecule has 1 aromatic heterocycles. The monoisotopic (exact) mass is 191 g/mol. The minimum atomic E-state index is -1.82. The summed E-state index contributed by atoms with van der Waals surface area (Å²) in [4.78, 5) is 3.76. The lowest BCUT2D eigenvalue weighted by Gasteiger charge is -1.95. The molecule has 0 radical (unpaired) electrons. The van der Waals surface area contributed by atoms with Crippen molar-refractivity contribution < 1.29 is 8.76 Å². The fourth-order valence-electron chi connectivity index (χ4n) is 0.677. The van der Waals surface area contributed by atoms with Crippen molar-refractivity contribution in [2.45, 2.75) is 5.75 Å². The van der Waals surface area contributed by atoms with Gasteiger partial charge in [-0.3, -0.25) is 4.98 Å². The second-order valence-corrected chi connectivity index (χ2v) is 3.35. The zero-order chi connectivity index (χ0) is 8.27. The molecule has 1 rings (SSSR count). The standard InChI is InChI=1S/C6H6ClNO2S/c7-6-1-5(2-8-3-6)4-11(9)10/h1-3H,4H2,(H,9,10). The van der Waals surface area contributed by atoms with Gasteiger partial charge in [-0.1, -0.05) is 11.6 Å². The van der Waals surface area contributed by atoms with Crippen molar-refractivity contribution in [3.63, 3.8) is 0 Å². The van der Waals surface area contributed by atoms with Crippen LogP contribution in [0.2, 0.25) is 5.02 Å². The van der Waals surface area contributed by atoms with E-state index in [1.54, 1.807) is 6.07 Å². The van der Waals surface area contributed by atoms with E-state index in [-0.39, 0.29) is 5.75 Å². The molecule has 0 bridgehead atoms. The molecule has 60 valence electrons. The van der Waals surface area contributed by atoms with Crippen LogP contribution in [0.3, 0.4) is 0 Å². The van der Waals surface area contributed by atoms with Gasteiger partial charge in [0, 0.05) is 12.4 Å². The van der Waals surface area contributed by atoms with E-state index in [9.17, 15) is 4.21 Å². The Hall–Kier alpha value is -0.450. The summed E-state index contributed by atoms with van der Waals surface area (Å²) in [7, 11) is 0. The predicted molar refractivity (Wildman–Crippen MR) is 43.7 cm³/mol. The van der Waals surface area contributed by atoms with E-state index in [4.69, 9.17) is 16.2 Å². The largest absolute Gasteiger partial charge is 0.306 e. The van der Waals surface area contributed by atoms with Crippen LogP contribution in [0.15, 0.2) is 18.5 Å². The first-order valence-corrected chi connectivity index (χ1v) is 4.51. The van der Waals surface area contributed by atoms with Crippen LogP contribution in [-0.4, -0.2) is 13.7 Å². The number of aromatic nitrogens is 1. The second kappa shape index (κ2) is 3.80. The first-order chi connectivity index (χ1) is 5.18. The summed E-state index contributed by atoms with van der Waals surface area (Å²) < 4.78 is 18.8. The highest BCUT2D eigenvalue weighted by molar-refractivity contribution is 7.78. The molecule has 1 atom stereocenters. The van der Waals surface area contributed by atoms with Gasteiger partial charge in [0.1, 0.15) is 0 Å². The van der Waals surface area contributed by atoms with Crippen LogP contribution in [-0.2, 0) is 16.8 Å². The topological polar surface area (TPSA) is 50.2 Å². The van der Waals surface area contributed by atoms with Crippen molar-refractivity contribution >= 4 is 22.7 Å². The molecule has 0 aliphatic rings. The average Bonchev–Trinajstić information content (AvgIpc) is 1.85. The van der Waals surface area contributed by atoms with Crippen LogP contribution in [0.4, 0.5) is 0 Å². The number of pyridine rings is 1. The summed E-state index contributed by atoms with van der Waals surface area (Å²) in [6, 6.07) is 1.61. The lowest BCUT2D eigenvalue weighted by molar-refractivity contribution is 0.563. The molecular weight excluding hydrogens is 186 g/mol. The van der Waals surface area contributed by atoms with Crippen molar-refractivity contribution in [3.05, 3.63) is 29.0 Å². The Kier molecular flexibility index (Phi) is 2.99. The fraction of sp³-hybridized carbons (Fsp3) is 0.167. The summed E-state index contributed by atoms with van der Waals surface area (Å²) in [6.07, 6.45) is 2.99. The maximum atomic E-state index is 10.3. The van der Waals surface area contributed by atoms with Gasteiger partial charge < -0.3 is 4.55 Å². The fourth-order valence-corrected chi connectivity index (χ4v) is 1.32. The quantitative estimate of drug-likeness (QED) is 0.720. The minimum Gasteiger partial charge on any atom is -0.306 e. The molecule has 0 spiro atoms. The third-order valence-corrected chi connectivity index (χ3v) is 1.84. The molecule has 5 heteroatoms. The molecule has 0 aromatic carbocycles. The van der Waals surface area contributed by atoms with Gasteiger partial charge in [0.15, 0.2) is 11.1 Å². The van der Waals surface area contributed by atoms with Crippen LogP contribution in [0.1, 0.15) is 5.56 Å². The maximum absolute atomic E-state index is 10.3. The van der Waals surface area contributed by atoms with E-state index in [0.717, 1.165) is 0 Å². The predicted octanol–water partition coefficient (Wildman–Crippen LogP) is 1.46. The molecule has 0 fully saturated rings. The molecule has 0 saturated carbocycles. The average molecular weight is 192 g/mol. The molecular formula is C6H6ClNO2S. The van der Waals surface area contributed by atoms with Crippen LogP contribution in [0.5, 0.6) is 0 Å². The summed E-state index contributed by atoms with van der Waals surface area (Å²) in [5.74, 6) is 0.0769. The van der Waals surface area contributed by atoms with Crippen molar-refractivity contribution in [1.29, 1.82) is 0 Å². The molecule has 1 unspecified atom stereocenters. The molecule has 0 saturated heterocycles. The van der Waals surface area contributed by atoms with E-state index < -0.39 is 11.1 Å². The molecule has 0 aliphatic heterocycles. The Labute approximate surface area is 71.7 Å². The van der Waals surface area contributed by atoms with Crippen molar-refractivity contribution in [2.24, 2.45) is 0 Å². The van der Waals surface area contributed by atoms with Crippen molar-refractivity contribution in [2.75, 3.05) is 0 Å². The van der Waals surface area contributed by atoms with Crippen molar-refractivity contribution in [3.8, 4) is 0 Å². The highest BCUT2D eigenvalue weighted by Crippen LogP contribution is 2.09. The zero-order valence-electron chi connectivity index (χ0n) is 5.53. The van der Waals surface area contributed by atoms with E-state index in [1.807, 2.05) is 0 Å². The highest BCUT2D eigenvalue weighted by atomic mass is 35.5.